The highest BCUT2D eigenvalue weighted by Crippen LogP contribution is 2.16. The maximum atomic E-state index is 11.1. The molecule has 1 saturated heterocycles. The van der Waals surface area contributed by atoms with Crippen LogP contribution in [0.5, 0.6) is 0 Å². The molecule has 1 fully saturated rings. The molecule has 0 spiro atoms. The summed E-state index contributed by atoms with van der Waals surface area (Å²) in [6, 6.07) is 1.73. The summed E-state index contributed by atoms with van der Waals surface area (Å²) in [6.07, 6.45) is 4.13. The monoisotopic (exact) mass is 340 g/mol. The second-order valence-corrected chi connectivity index (χ2v) is 5.46. The van der Waals surface area contributed by atoms with Crippen LogP contribution in [0, 0.1) is 18.8 Å². The molecule has 1 aromatic heterocycles. The van der Waals surface area contributed by atoms with Gasteiger partial charge in [-0.05, 0) is 37.4 Å². The Morgan fingerprint density at radius 2 is 1.88 bits per heavy atom. The van der Waals surface area contributed by atoms with Gasteiger partial charge in [-0.3, -0.25) is 9.78 Å². The minimum Gasteiger partial charge on any atom is -0.469 e. The van der Waals surface area contributed by atoms with Gasteiger partial charge in [-0.25, -0.2) is 4.79 Å². The first-order chi connectivity index (χ1) is 11.5. The summed E-state index contributed by atoms with van der Waals surface area (Å²) in [5.41, 5.74) is 1.44. The van der Waals surface area contributed by atoms with E-state index in [1.54, 1.807) is 12.3 Å². The van der Waals surface area contributed by atoms with E-state index in [0.717, 1.165) is 32.2 Å². The van der Waals surface area contributed by atoms with Crippen LogP contribution in [0.1, 0.15) is 29.3 Å². The molecule has 2 rings (SSSR count). The molecule has 2 atom stereocenters. The molecule has 0 saturated carbocycles. The van der Waals surface area contributed by atoms with Gasteiger partial charge in [0.25, 0.3) is 0 Å². The van der Waals surface area contributed by atoms with Crippen LogP contribution in [0.15, 0.2) is 18.5 Å². The van der Waals surface area contributed by atoms with Crippen LogP contribution in [0.25, 0.3) is 0 Å². The fraction of sp³-hybridized carbons (Fsp3) is 0.588. The lowest BCUT2D eigenvalue weighted by molar-refractivity contribution is -0.146. The highest BCUT2D eigenvalue weighted by molar-refractivity contribution is 5.89. The molecule has 24 heavy (non-hydrogen) atoms. The van der Waals surface area contributed by atoms with Crippen molar-refractivity contribution < 1.29 is 24.2 Å². The lowest BCUT2D eigenvalue weighted by Crippen LogP contribution is -2.39. The number of aryl methyl sites for hydroxylation is 1. The second-order valence-electron chi connectivity index (χ2n) is 5.46. The second kappa shape index (κ2) is 12.4. The molecule has 2 N–H and O–H groups in total. The van der Waals surface area contributed by atoms with Crippen LogP contribution in [-0.4, -0.2) is 56.4 Å². The highest BCUT2D eigenvalue weighted by Gasteiger charge is 2.24. The van der Waals surface area contributed by atoms with Gasteiger partial charge in [0.15, 0.2) is 0 Å². The fourth-order valence-corrected chi connectivity index (χ4v) is 2.29. The maximum Gasteiger partial charge on any atom is 0.339 e. The summed E-state index contributed by atoms with van der Waals surface area (Å²) in [7, 11) is 3.80. The van der Waals surface area contributed by atoms with E-state index in [2.05, 4.69) is 26.7 Å². The van der Waals surface area contributed by atoms with Gasteiger partial charge in [0, 0.05) is 26.0 Å². The van der Waals surface area contributed by atoms with Crippen molar-refractivity contribution in [2.75, 3.05) is 34.4 Å². The van der Waals surface area contributed by atoms with Gasteiger partial charge in [-0.1, -0.05) is 6.92 Å². The number of rotatable bonds is 2. The third kappa shape index (κ3) is 8.03. The summed E-state index contributed by atoms with van der Waals surface area (Å²) in [6.45, 7) is 5.81. The van der Waals surface area contributed by atoms with Gasteiger partial charge in [0.05, 0.1) is 25.7 Å². The molecular weight excluding hydrogens is 312 g/mol. The Kier molecular flexibility index (Phi) is 11.4. The molecule has 2 unspecified atom stereocenters. The first-order valence-corrected chi connectivity index (χ1v) is 7.71. The summed E-state index contributed by atoms with van der Waals surface area (Å²) in [4.78, 5) is 25.8. The molecule has 2 heterocycles. The predicted octanol–water partition coefficient (Wildman–Crippen LogP) is 1.19. The number of methoxy groups -OCH3 is 2. The molecule has 136 valence electrons. The lowest BCUT2D eigenvalue weighted by atomic mass is 9.92. The van der Waals surface area contributed by atoms with E-state index < -0.39 is 0 Å². The van der Waals surface area contributed by atoms with Gasteiger partial charge >= 0.3 is 11.9 Å². The Morgan fingerprint density at radius 1 is 1.21 bits per heavy atom. The Balaban J connectivity index is 0.000000400. The Morgan fingerprint density at radius 3 is 2.38 bits per heavy atom. The largest absolute Gasteiger partial charge is 0.469 e. The van der Waals surface area contributed by atoms with Gasteiger partial charge in [0.1, 0.15) is 0 Å². The third-order valence-corrected chi connectivity index (χ3v) is 3.40. The minimum absolute atomic E-state index is 0.0729. The van der Waals surface area contributed by atoms with E-state index >= 15 is 0 Å². The smallest absolute Gasteiger partial charge is 0.339 e. The molecular formula is C17H28N2O5. The zero-order valence-corrected chi connectivity index (χ0v) is 15.0. The maximum absolute atomic E-state index is 11.1. The molecule has 1 aliphatic heterocycles. The number of aliphatic hydroxyl groups excluding tert-OH is 1. The van der Waals surface area contributed by atoms with E-state index in [1.807, 2.05) is 6.92 Å². The van der Waals surface area contributed by atoms with Crippen molar-refractivity contribution in [1.82, 2.24) is 10.3 Å². The van der Waals surface area contributed by atoms with Crippen LogP contribution >= 0.6 is 0 Å². The summed E-state index contributed by atoms with van der Waals surface area (Å²) in [5, 5.41) is 10.2. The SMILES string of the molecule is CO.COC(=O)C1CNCC(C)C1.COC(=O)c1cncc(C)c1. The van der Waals surface area contributed by atoms with Crippen molar-refractivity contribution in [3.05, 3.63) is 29.6 Å². The first kappa shape index (κ1) is 22.0. The zero-order chi connectivity index (χ0) is 18.5. The molecule has 7 nitrogen and oxygen atoms in total. The number of hydrogen-bond donors (Lipinski definition) is 2. The predicted molar refractivity (Wildman–Crippen MR) is 90.6 cm³/mol. The number of pyridine rings is 1. The van der Waals surface area contributed by atoms with E-state index in [4.69, 9.17) is 5.11 Å². The van der Waals surface area contributed by atoms with Crippen LogP contribution in [0.3, 0.4) is 0 Å². The van der Waals surface area contributed by atoms with Crippen LogP contribution in [-0.2, 0) is 14.3 Å². The van der Waals surface area contributed by atoms with Gasteiger partial charge in [0.2, 0.25) is 0 Å². The number of carbonyl (C=O) groups excluding carboxylic acids is 2. The Labute approximate surface area is 143 Å². The normalized spacial score (nSPS) is 18.9. The van der Waals surface area contributed by atoms with Gasteiger partial charge in [-0.15, -0.1) is 0 Å². The number of aliphatic hydroxyl groups is 1. The summed E-state index contributed by atoms with van der Waals surface area (Å²) >= 11 is 0. The lowest BCUT2D eigenvalue weighted by Gasteiger charge is -2.25. The van der Waals surface area contributed by atoms with E-state index in [9.17, 15) is 9.59 Å². The van der Waals surface area contributed by atoms with Crippen LogP contribution in [0.4, 0.5) is 0 Å². The van der Waals surface area contributed by atoms with Gasteiger partial charge < -0.3 is 19.9 Å². The fourth-order valence-electron chi connectivity index (χ4n) is 2.29. The number of nitrogens with zero attached hydrogens (tertiary/aromatic N) is 1. The molecule has 7 heteroatoms. The third-order valence-electron chi connectivity index (χ3n) is 3.40. The molecule has 0 bridgehead atoms. The molecule has 1 aromatic rings. The Hall–Kier alpha value is -1.99. The van der Waals surface area contributed by atoms with Crippen LogP contribution < -0.4 is 5.32 Å². The number of nitrogens with one attached hydrogen (secondary N) is 1. The molecule has 0 aromatic carbocycles. The standard InChI is InChI=1S/C8H15NO2.C8H9NO2.CH4O/c2*1-6-3-7(5-9-4-6)8(10)11-2;1-2/h6-7,9H,3-5H2,1-2H3;3-5H,1-2H3;2H,1H3. The molecule has 0 aliphatic carbocycles. The molecule has 0 amide bonds. The number of hydrogen-bond acceptors (Lipinski definition) is 7. The topological polar surface area (TPSA) is 97.8 Å². The van der Waals surface area contributed by atoms with E-state index in [-0.39, 0.29) is 17.9 Å². The van der Waals surface area contributed by atoms with Crippen molar-refractivity contribution in [2.24, 2.45) is 11.8 Å². The average Bonchev–Trinajstić information content (AvgIpc) is 2.62. The van der Waals surface area contributed by atoms with Crippen molar-refractivity contribution in [2.45, 2.75) is 20.3 Å². The summed E-state index contributed by atoms with van der Waals surface area (Å²) in [5.74, 6) is 0.238. The minimum atomic E-state index is -0.346. The first-order valence-electron chi connectivity index (χ1n) is 7.71. The number of ether oxygens (including phenoxy) is 2. The van der Waals surface area contributed by atoms with E-state index in [0.29, 0.717) is 11.5 Å². The van der Waals surface area contributed by atoms with Crippen molar-refractivity contribution >= 4 is 11.9 Å². The molecule has 0 radical (unpaired) electrons. The van der Waals surface area contributed by atoms with Crippen LogP contribution in [0.2, 0.25) is 0 Å². The number of aromatic nitrogens is 1. The van der Waals surface area contributed by atoms with Crippen molar-refractivity contribution in [1.29, 1.82) is 0 Å². The zero-order valence-electron chi connectivity index (χ0n) is 15.0. The van der Waals surface area contributed by atoms with E-state index in [1.165, 1.54) is 20.4 Å². The highest BCUT2D eigenvalue weighted by atomic mass is 16.5. The average molecular weight is 340 g/mol. The number of carbonyl (C=O) groups is 2. The molecule has 1 aliphatic rings. The van der Waals surface area contributed by atoms with Gasteiger partial charge in [-0.2, -0.15) is 0 Å². The Bertz CT molecular complexity index is 508. The quantitative estimate of drug-likeness (QED) is 0.780. The summed E-state index contributed by atoms with van der Waals surface area (Å²) < 4.78 is 9.17. The number of esters is 2. The number of piperidine rings is 1. The van der Waals surface area contributed by atoms with Crippen molar-refractivity contribution in [3.8, 4) is 0 Å². The van der Waals surface area contributed by atoms with Crippen molar-refractivity contribution in [3.63, 3.8) is 0 Å².